The molecule has 0 bridgehead atoms. The second-order valence-electron chi connectivity index (χ2n) is 4.69. The van der Waals surface area contributed by atoms with Gasteiger partial charge >= 0.3 is 0 Å². The van der Waals surface area contributed by atoms with E-state index in [1.165, 1.54) is 19.3 Å². The van der Waals surface area contributed by atoms with Crippen molar-refractivity contribution in [3.05, 3.63) is 33.8 Å². The molecule has 0 saturated heterocycles. The Morgan fingerprint density at radius 2 is 2.06 bits per heavy atom. The van der Waals surface area contributed by atoms with Gasteiger partial charge in [0.15, 0.2) is 5.78 Å². The Bertz CT molecular complexity index is 428. The van der Waals surface area contributed by atoms with Crippen molar-refractivity contribution in [2.45, 2.75) is 25.7 Å². The Kier molecular flexibility index (Phi) is 5.04. The van der Waals surface area contributed by atoms with Crippen molar-refractivity contribution in [3.63, 3.8) is 0 Å². The maximum Gasteiger partial charge on any atom is 0.188 e. The van der Waals surface area contributed by atoms with Crippen LogP contribution in [0, 0.1) is 5.92 Å². The van der Waals surface area contributed by atoms with Crippen LogP contribution in [0.5, 0.6) is 0 Å². The third-order valence-corrected chi connectivity index (χ3v) is 4.11. The van der Waals surface area contributed by atoms with Gasteiger partial charge in [-0.25, -0.2) is 0 Å². The molecular weight excluding hydrogens is 271 g/mol. The number of carbonyl (C=O) groups is 1. The highest BCUT2D eigenvalue weighted by Crippen LogP contribution is 2.29. The number of Topliss-reactive ketones (excluding diaryl/α,β-unsaturated/α-hetero) is 1. The van der Waals surface area contributed by atoms with Gasteiger partial charge in [-0.05, 0) is 30.5 Å². The average Bonchev–Trinajstić information content (AvgIpc) is 2.30. The first-order valence-corrected chi connectivity index (χ1v) is 6.98. The fourth-order valence-electron chi connectivity index (χ4n) is 1.95. The van der Waals surface area contributed by atoms with Crippen LogP contribution in [0.15, 0.2) is 18.2 Å². The summed E-state index contributed by atoms with van der Waals surface area (Å²) in [5.74, 6) is 0.757. The van der Waals surface area contributed by atoms with Crippen LogP contribution in [0.25, 0.3) is 0 Å². The molecule has 2 nitrogen and oxygen atoms in total. The van der Waals surface area contributed by atoms with Crippen LogP contribution in [0.1, 0.15) is 36.0 Å². The molecule has 0 N–H and O–H groups in total. The van der Waals surface area contributed by atoms with E-state index >= 15 is 0 Å². The van der Waals surface area contributed by atoms with Crippen LogP contribution in [0.4, 0.5) is 0 Å². The van der Waals surface area contributed by atoms with Crippen molar-refractivity contribution in [1.82, 2.24) is 0 Å². The molecule has 1 aromatic carbocycles. The average molecular weight is 287 g/mol. The van der Waals surface area contributed by atoms with E-state index in [2.05, 4.69) is 0 Å². The number of ether oxygens (including phenoxy) is 1. The van der Waals surface area contributed by atoms with Crippen LogP contribution in [0.2, 0.25) is 10.0 Å². The third-order valence-electron chi connectivity index (χ3n) is 3.37. The molecule has 0 atom stereocenters. The molecule has 4 heteroatoms. The molecule has 18 heavy (non-hydrogen) atoms. The molecule has 0 heterocycles. The Morgan fingerprint density at radius 3 is 2.67 bits per heavy atom. The van der Waals surface area contributed by atoms with E-state index in [1.54, 1.807) is 18.2 Å². The predicted molar refractivity (Wildman–Crippen MR) is 73.6 cm³/mol. The minimum absolute atomic E-state index is 0.0535. The summed E-state index contributed by atoms with van der Waals surface area (Å²) in [4.78, 5) is 11.8. The summed E-state index contributed by atoms with van der Waals surface area (Å²) >= 11 is 11.7. The minimum atomic E-state index is -0.0535. The minimum Gasteiger partial charge on any atom is -0.373 e. The second kappa shape index (κ2) is 6.55. The topological polar surface area (TPSA) is 26.3 Å². The van der Waals surface area contributed by atoms with Crippen LogP contribution >= 0.6 is 23.2 Å². The van der Waals surface area contributed by atoms with Gasteiger partial charge in [0.1, 0.15) is 6.61 Å². The van der Waals surface area contributed by atoms with Crippen LogP contribution < -0.4 is 0 Å². The molecule has 1 aliphatic rings. The number of rotatable bonds is 6. The zero-order chi connectivity index (χ0) is 13.0. The standard InChI is InChI=1S/C14H16Cl2O2/c15-12-5-4-11(8-13(12)16)14(17)9-18-7-6-10-2-1-3-10/h4-5,8,10H,1-3,6-7,9H2. The SMILES string of the molecule is O=C(COCCC1CCC1)c1ccc(Cl)c(Cl)c1. The molecule has 0 radical (unpaired) electrons. The summed E-state index contributed by atoms with van der Waals surface area (Å²) in [6, 6.07) is 4.89. The maximum absolute atomic E-state index is 11.8. The molecule has 0 spiro atoms. The number of ketones is 1. The van der Waals surface area contributed by atoms with Crippen LogP contribution in [0.3, 0.4) is 0 Å². The quantitative estimate of drug-likeness (QED) is 0.573. The molecule has 1 fully saturated rings. The highest BCUT2D eigenvalue weighted by atomic mass is 35.5. The van der Waals surface area contributed by atoms with Gasteiger partial charge in [-0.15, -0.1) is 0 Å². The molecule has 0 aromatic heterocycles. The lowest BCUT2D eigenvalue weighted by Gasteiger charge is -2.24. The predicted octanol–water partition coefficient (Wildman–Crippen LogP) is 4.38. The van der Waals surface area contributed by atoms with Gasteiger partial charge in [0, 0.05) is 12.2 Å². The van der Waals surface area contributed by atoms with Gasteiger partial charge in [0.25, 0.3) is 0 Å². The molecule has 0 amide bonds. The maximum atomic E-state index is 11.8. The molecule has 1 aromatic rings. The van der Waals surface area contributed by atoms with Crippen molar-refractivity contribution < 1.29 is 9.53 Å². The molecule has 1 aliphatic carbocycles. The zero-order valence-corrected chi connectivity index (χ0v) is 11.6. The van der Waals surface area contributed by atoms with Crippen molar-refractivity contribution in [1.29, 1.82) is 0 Å². The van der Waals surface area contributed by atoms with Gasteiger partial charge < -0.3 is 4.74 Å². The van der Waals surface area contributed by atoms with Crippen LogP contribution in [-0.4, -0.2) is 19.0 Å². The normalized spacial score (nSPS) is 15.4. The number of halogens is 2. The van der Waals surface area contributed by atoms with Crippen LogP contribution in [-0.2, 0) is 4.74 Å². The molecular formula is C14H16Cl2O2. The first kappa shape index (κ1) is 13.9. The Morgan fingerprint density at radius 1 is 1.28 bits per heavy atom. The first-order chi connectivity index (χ1) is 8.66. The van der Waals surface area contributed by atoms with Gasteiger partial charge in [0.2, 0.25) is 0 Å². The largest absolute Gasteiger partial charge is 0.373 e. The highest BCUT2D eigenvalue weighted by Gasteiger charge is 2.17. The van der Waals surface area contributed by atoms with E-state index in [-0.39, 0.29) is 12.4 Å². The monoisotopic (exact) mass is 286 g/mol. The smallest absolute Gasteiger partial charge is 0.188 e. The molecule has 2 rings (SSSR count). The van der Waals surface area contributed by atoms with Gasteiger partial charge in [-0.3, -0.25) is 4.79 Å². The van der Waals surface area contributed by atoms with Gasteiger partial charge in [-0.2, -0.15) is 0 Å². The number of benzene rings is 1. The Balaban J connectivity index is 1.74. The summed E-state index contributed by atoms with van der Waals surface area (Å²) in [6.45, 7) is 0.780. The Hall–Kier alpha value is -0.570. The van der Waals surface area contributed by atoms with Crippen molar-refractivity contribution >= 4 is 29.0 Å². The highest BCUT2D eigenvalue weighted by molar-refractivity contribution is 6.42. The van der Waals surface area contributed by atoms with E-state index in [0.717, 1.165) is 12.3 Å². The van der Waals surface area contributed by atoms with Crippen molar-refractivity contribution in [2.75, 3.05) is 13.2 Å². The summed E-state index contributed by atoms with van der Waals surface area (Å²) in [6.07, 6.45) is 5.02. The fourth-order valence-corrected chi connectivity index (χ4v) is 2.25. The van der Waals surface area contributed by atoms with E-state index in [9.17, 15) is 4.79 Å². The molecule has 98 valence electrons. The lowest BCUT2D eigenvalue weighted by molar-refractivity contribution is 0.0705. The molecule has 1 saturated carbocycles. The van der Waals surface area contributed by atoms with Crippen molar-refractivity contribution in [3.8, 4) is 0 Å². The van der Waals surface area contributed by atoms with Crippen molar-refractivity contribution in [2.24, 2.45) is 5.92 Å². The summed E-state index contributed by atoms with van der Waals surface area (Å²) in [5.41, 5.74) is 0.549. The summed E-state index contributed by atoms with van der Waals surface area (Å²) in [5, 5.41) is 0.858. The lowest BCUT2D eigenvalue weighted by atomic mass is 9.83. The Labute approximate surface area is 117 Å². The fraction of sp³-hybridized carbons (Fsp3) is 0.500. The van der Waals surface area contributed by atoms with Gasteiger partial charge in [0.05, 0.1) is 10.0 Å². The number of carbonyl (C=O) groups excluding carboxylic acids is 1. The number of hydrogen-bond acceptors (Lipinski definition) is 2. The van der Waals surface area contributed by atoms with E-state index in [1.807, 2.05) is 0 Å². The molecule has 0 aliphatic heterocycles. The van der Waals surface area contributed by atoms with E-state index in [0.29, 0.717) is 22.2 Å². The summed E-state index contributed by atoms with van der Waals surface area (Å²) < 4.78 is 5.40. The number of hydrogen-bond donors (Lipinski definition) is 0. The third kappa shape index (κ3) is 3.71. The first-order valence-electron chi connectivity index (χ1n) is 6.23. The second-order valence-corrected chi connectivity index (χ2v) is 5.50. The van der Waals surface area contributed by atoms with E-state index < -0.39 is 0 Å². The summed E-state index contributed by atoms with van der Waals surface area (Å²) in [7, 11) is 0. The molecule has 0 unspecified atom stereocenters. The lowest BCUT2D eigenvalue weighted by Crippen LogP contribution is -2.16. The van der Waals surface area contributed by atoms with Gasteiger partial charge in [-0.1, -0.05) is 42.5 Å². The van der Waals surface area contributed by atoms with E-state index in [4.69, 9.17) is 27.9 Å². The zero-order valence-electron chi connectivity index (χ0n) is 10.1.